The van der Waals surface area contributed by atoms with E-state index < -0.39 is 0 Å². The molecule has 1 aromatic heterocycles. The molecule has 0 aliphatic carbocycles. The molecule has 3 rings (SSSR count). The highest BCUT2D eigenvalue weighted by Gasteiger charge is 2.15. The zero-order valence-electron chi connectivity index (χ0n) is 12.7. The predicted octanol–water partition coefficient (Wildman–Crippen LogP) is 2.32. The van der Waals surface area contributed by atoms with Gasteiger partial charge in [0.2, 0.25) is 0 Å². The molecule has 5 nitrogen and oxygen atoms in total. The lowest BCUT2D eigenvalue weighted by atomic mass is 10.1. The molecule has 1 amide bonds. The van der Waals surface area contributed by atoms with E-state index in [9.17, 15) is 4.79 Å². The minimum Gasteiger partial charge on any atom is -0.355 e. The van der Waals surface area contributed by atoms with Crippen LogP contribution in [0, 0.1) is 6.92 Å². The summed E-state index contributed by atoms with van der Waals surface area (Å²) in [6.45, 7) is 4.57. The number of benzene rings is 1. The third kappa shape index (κ3) is 3.42. The lowest BCUT2D eigenvalue weighted by molar-refractivity contribution is 0.0945. The molecule has 1 aliphatic heterocycles. The van der Waals surface area contributed by atoms with E-state index >= 15 is 0 Å². The third-order valence-electron chi connectivity index (χ3n) is 3.85. The molecule has 1 aromatic carbocycles. The molecule has 0 radical (unpaired) electrons. The Morgan fingerprint density at radius 1 is 1.18 bits per heavy atom. The van der Waals surface area contributed by atoms with E-state index in [1.807, 2.05) is 31.2 Å². The lowest BCUT2D eigenvalue weighted by Gasteiger charge is -2.15. The summed E-state index contributed by atoms with van der Waals surface area (Å²) in [5.41, 5.74) is 2.62. The van der Waals surface area contributed by atoms with E-state index in [2.05, 4.69) is 26.5 Å². The minimum absolute atomic E-state index is 0.193. The number of rotatable bonds is 4. The number of aryl methyl sites for hydroxylation is 1. The maximum Gasteiger partial charge on any atom is 0.272 e. The molecule has 0 atom stereocenters. The van der Waals surface area contributed by atoms with Crippen molar-refractivity contribution in [3.05, 3.63) is 53.2 Å². The summed E-state index contributed by atoms with van der Waals surface area (Å²) in [7, 11) is 0. The highest BCUT2D eigenvalue weighted by Crippen LogP contribution is 2.16. The van der Waals surface area contributed by atoms with Crippen molar-refractivity contribution < 1.29 is 4.79 Å². The van der Waals surface area contributed by atoms with E-state index in [-0.39, 0.29) is 5.91 Å². The molecule has 1 fully saturated rings. The van der Waals surface area contributed by atoms with Gasteiger partial charge in [-0.3, -0.25) is 4.79 Å². The van der Waals surface area contributed by atoms with Gasteiger partial charge in [-0.2, -0.15) is 0 Å². The summed E-state index contributed by atoms with van der Waals surface area (Å²) in [5, 5.41) is 11.1. The molecule has 0 bridgehead atoms. The first kappa shape index (κ1) is 14.5. The number of nitrogens with one attached hydrogen (secondary N) is 1. The van der Waals surface area contributed by atoms with E-state index in [1.54, 1.807) is 6.07 Å². The van der Waals surface area contributed by atoms with Crippen LogP contribution in [0.5, 0.6) is 0 Å². The highest BCUT2D eigenvalue weighted by atomic mass is 16.1. The first-order valence-corrected chi connectivity index (χ1v) is 7.65. The van der Waals surface area contributed by atoms with Crippen LogP contribution in [0.2, 0.25) is 0 Å². The first-order valence-electron chi connectivity index (χ1n) is 7.65. The standard InChI is InChI=1S/C17H20N4O/c1-13-5-4-6-14(11-13)12-18-17(22)15-7-8-16(20-19-15)21-9-2-3-10-21/h4-8,11H,2-3,9-10,12H2,1H3,(H,18,22). The van der Waals surface area contributed by atoms with E-state index in [0.717, 1.165) is 24.5 Å². The molecule has 1 aliphatic rings. The molecule has 22 heavy (non-hydrogen) atoms. The van der Waals surface area contributed by atoms with Crippen molar-refractivity contribution >= 4 is 11.7 Å². The Kier molecular flexibility index (Phi) is 4.32. The smallest absolute Gasteiger partial charge is 0.272 e. The van der Waals surface area contributed by atoms with Crippen LogP contribution in [0.4, 0.5) is 5.82 Å². The van der Waals surface area contributed by atoms with Gasteiger partial charge in [0.1, 0.15) is 0 Å². The quantitative estimate of drug-likeness (QED) is 0.940. The average Bonchev–Trinajstić information content (AvgIpc) is 3.07. The second kappa shape index (κ2) is 6.56. The summed E-state index contributed by atoms with van der Waals surface area (Å²) in [6.07, 6.45) is 2.39. The van der Waals surface area contributed by atoms with Crippen LogP contribution < -0.4 is 10.2 Å². The van der Waals surface area contributed by atoms with Crippen LogP contribution in [0.1, 0.15) is 34.5 Å². The number of aromatic nitrogens is 2. The summed E-state index contributed by atoms with van der Waals surface area (Å²) < 4.78 is 0. The molecule has 2 aromatic rings. The van der Waals surface area contributed by atoms with Crippen molar-refractivity contribution in [1.29, 1.82) is 0 Å². The van der Waals surface area contributed by atoms with Gasteiger partial charge in [-0.15, -0.1) is 10.2 Å². The van der Waals surface area contributed by atoms with Gasteiger partial charge >= 0.3 is 0 Å². The van der Waals surface area contributed by atoms with Crippen molar-refractivity contribution in [2.45, 2.75) is 26.3 Å². The molecule has 0 unspecified atom stereocenters. The van der Waals surface area contributed by atoms with Gasteiger partial charge in [0.05, 0.1) is 0 Å². The summed E-state index contributed by atoms with van der Waals surface area (Å²) in [4.78, 5) is 14.3. The number of carbonyl (C=O) groups is 1. The average molecular weight is 296 g/mol. The van der Waals surface area contributed by atoms with Crippen LogP contribution in [-0.4, -0.2) is 29.2 Å². The Bertz CT molecular complexity index is 648. The monoisotopic (exact) mass is 296 g/mol. The SMILES string of the molecule is Cc1cccc(CNC(=O)c2ccc(N3CCCC3)nn2)c1. The van der Waals surface area contributed by atoms with Gasteiger partial charge in [0, 0.05) is 19.6 Å². The zero-order chi connectivity index (χ0) is 15.4. The summed E-state index contributed by atoms with van der Waals surface area (Å²) >= 11 is 0. The molecule has 114 valence electrons. The molecule has 0 saturated carbocycles. The fraction of sp³-hybridized carbons (Fsp3) is 0.353. The van der Waals surface area contributed by atoms with Gasteiger partial charge in [0.15, 0.2) is 11.5 Å². The summed E-state index contributed by atoms with van der Waals surface area (Å²) in [6, 6.07) is 11.7. The number of anilines is 1. The summed E-state index contributed by atoms with van der Waals surface area (Å²) in [5.74, 6) is 0.662. The molecule has 1 N–H and O–H groups in total. The minimum atomic E-state index is -0.193. The maximum atomic E-state index is 12.1. The second-order valence-corrected chi connectivity index (χ2v) is 5.64. The van der Waals surface area contributed by atoms with Crippen molar-refractivity contribution in [2.24, 2.45) is 0 Å². The topological polar surface area (TPSA) is 58.1 Å². The van der Waals surface area contributed by atoms with E-state index in [0.29, 0.717) is 12.2 Å². The van der Waals surface area contributed by atoms with Gasteiger partial charge in [-0.25, -0.2) is 0 Å². The van der Waals surface area contributed by atoms with E-state index in [1.165, 1.54) is 18.4 Å². The largest absolute Gasteiger partial charge is 0.355 e. The van der Waals surface area contributed by atoms with Crippen molar-refractivity contribution in [3.63, 3.8) is 0 Å². The highest BCUT2D eigenvalue weighted by molar-refractivity contribution is 5.92. The normalized spacial score (nSPS) is 14.1. The van der Waals surface area contributed by atoms with Crippen molar-refractivity contribution in [1.82, 2.24) is 15.5 Å². The number of hydrogen-bond acceptors (Lipinski definition) is 4. The van der Waals surface area contributed by atoms with Gasteiger partial charge in [-0.05, 0) is 37.5 Å². The van der Waals surface area contributed by atoms with Crippen molar-refractivity contribution in [3.8, 4) is 0 Å². The van der Waals surface area contributed by atoms with Crippen LogP contribution >= 0.6 is 0 Å². The number of hydrogen-bond donors (Lipinski definition) is 1. The van der Waals surface area contributed by atoms with Crippen LogP contribution in [0.3, 0.4) is 0 Å². The van der Waals surface area contributed by atoms with Crippen LogP contribution in [0.25, 0.3) is 0 Å². The van der Waals surface area contributed by atoms with Gasteiger partial charge in [0.25, 0.3) is 5.91 Å². The molecule has 0 spiro atoms. The van der Waals surface area contributed by atoms with Crippen LogP contribution in [-0.2, 0) is 6.54 Å². The van der Waals surface area contributed by atoms with Gasteiger partial charge < -0.3 is 10.2 Å². The van der Waals surface area contributed by atoms with Crippen molar-refractivity contribution in [2.75, 3.05) is 18.0 Å². The Morgan fingerprint density at radius 3 is 2.68 bits per heavy atom. The second-order valence-electron chi connectivity index (χ2n) is 5.64. The number of nitrogens with zero attached hydrogens (tertiary/aromatic N) is 3. The van der Waals surface area contributed by atoms with Gasteiger partial charge in [-0.1, -0.05) is 29.8 Å². The molecular formula is C17H20N4O. The zero-order valence-corrected chi connectivity index (χ0v) is 12.7. The Labute approximate surface area is 130 Å². The Hall–Kier alpha value is -2.43. The molecule has 2 heterocycles. The first-order chi connectivity index (χ1) is 10.7. The fourth-order valence-electron chi connectivity index (χ4n) is 2.66. The number of carbonyl (C=O) groups excluding carboxylic acids is 1. The Morgan fingerprint density at radius 2 is 2.00 bits per heavy atom. The maximum absolute atomic E-state index is 12.1. The third-order valence-corrected chi connectivity index (χ3v) is 3.85. The molecule has 1 saturated heterocycles. The van der Waals surface area contributed by atoms with Crippen LogP contribution in [0.15, 0.2) is 36.4 Å². The Balaban J connectivity index is 1.60. The molecular weight excluding hydrogens is 276 g/mol. The molecule has 5 heteroatoms. The number of amides is 1. The fourth-order valence-corrected chi connectivity index (χ4v) is 2.66. The van der Waals surface area contributed by atoms with E-state index in [4.69, 9.17) is 0 Å². The lowest BCUT2D eigenvalue weighted by Crippen LogP contribution is -2.25. The predicted molar refractivity (Wildman–Crippen MR) is 85.8 cm³/mol.